The number of halogens is 1. The van der Waals surface area contributed by atoms with E-state index >= 15 is 0 Å². The standard InChI is InChI=1S/Ce.FH.O.Y/h;1H;;/q;;;+1/p-1. The molecule has 0 aliphatic carbocycles. The van der Waals surface area contributed by atoms with Crippen molar-refractivity contribution in [2.24, 2.45) is 0 Å². The second-order valence-corrected chi connectivity index (χ2v) is 0. The van der Waals surface area contributed by atoms with Crippen molar-refractivity contribution in [2.45, 2.75) is 0 Å². The van der Waals surface area contributed by atoms with Gasteiger partial charge in [0.1, 0.15) is 0 Å². The van der Waals surface area contributed by atoms with Crippen molar-refractivity contribution < 1.29 is 74.3 Å². The number of hydrogen-bond donors (Lipinski definition) is 0. The zero-order chi connectivity index (χ0) is 4.00. The predicted octanol–water partition coefficient (Wildman–Crippen LogP) is 0.299. The molecule has 0 saturated carbocycles. The van der Waals surface area contributed by atoms with Gasteiger partial charge >= 0.3 is 74.3 Å². The van der Waals surface area contributed by atoms with Crippen molar-refractivity contribution in [1.82, 2.24) is 0 Å². The summed E-state index contributed by atoms with van der Waals surface area (Å²) in [5.74, 6) is 0. The van der Waals surface area contributed by atoms with Crippen molar-refractivity contribution in [3.63, 3.8) is 0 Å². The molecule has 0 aromatic heterocycles. The van der Waals surface area contributed by atoms with E-state index in [2.05, 4.69) is 0 Å². The molecule has 0 aromatic rings. The number of hydrogen-bond acceptors (Lipinski definition) is 1. The van der Waals surface area contributed by atoms with Crippen LogP contribution >= 0.6 is 0 Å². The van der Waals surface area contributed by atoms with E-state index in [-0.39, 0.29) is 71.4 Å². The first-order chi connectivity index (χ1) is 2.00. The molecule has 1 nitrogen and oxygen atoms in total. The first-order valence-corrected chi connectivity index (χ1v) is 2.78. The molecule has 0 unspecified atom stereocenters. The third-order valence-corrected chi connectivity index (χ3v) is 0. The second-order valence-electron chi connectivity index (χ2n) is 0. The van der Waals surface area contributed by atoms with Gasteiger partial charge in [-0.1, -0.05) is 0 Å². The molecule has 0 rings (SSSR count). The molecule has 4 heteroatoms. The van der Waals surface area contributed by atoms with Crippen molar-refractivity contribution in [3.05, 3.63) is 0 Å². The fourth-order valence-electron chi connectivity index (χ4n) is 0. The van der Waals surface area contributed by atoms with Gasteiger partial charge < -0.3 is 0 Å². The molecule has 4 heavy (non-hydrogen) atoms. The van der Waals surface area contributed by atoms with Crippen LogP contribution in [-0.2, 0) is 32.6 Å². The molecular formula is CeFOY. The summed E-state index contributed by atoms with van der Waals surface area (Å²) in [5.41, 5.74) is 0. The van der Waals surface area contributed by atoms with E-state index < -0.39 is 0 Å². The molecule has 0 aromatic carbocycles. The fraction of sp³-hybridized carbons (Fsp3) is 0. The van der Waals surface area contributed by atoms with Crippen molar-refractivity contribution in [3.8, 4) is 0 Å². The van der Waals surface area contributed by atoms with Crippen LogP contribution < -0.4 is 0 Å². The minimum atomic E-state index is -0.150. The molecule has 0 spiro atoms. The summed E-state index contributed by atoms with van der Waals surface area (Å²) in [5, 5.41) is 0. The first-order valence-electron chi connectivity index (χ1n) is 0.422. The predicted molar refractivity (Wildman–Crippen MR) is 1.79 cm³/mol. The molecule has 0 aliphatic rings. The van der Waals surface area contributed by atoms with Gasteiger partial charge in [0.05, 0.1) is 0 Å². The molecule has 0 bridgehead atoms. The monoisotopic (exact) mass is 264 g/mol. The average molecular weight is 264 g/mol. The molecule has 0 N–H and O–H groups in total. The summed E-state index contributed by atoms with van der Waals surface area (Å²) < 4.78 is 18.0. The average Bonchev–Trinajstić information content (AvgIpc) is 1.50. The molecule has 20 valence electrons. The third kappa shape index (κ3) is 8.88. The zero-order valence-corrected chi connectivity index (χ0v) is 7.84. The minimum absolute atomic E-state index is 0.0556. The van der Waals surface area contributed by atoms with E-state index in [4.69, 9.17) is 0.938 Å². The van der Waals surface area contributed by atoms with Crippen LogP contribution in [0.4, 0.5) is 1.92 Å². The zero-order valence-electron chi connectivity index (χ0n) is 1.86. The van der Waals surface area contributed by atoms with Crippen LogP contribution in [0.15, 0.2) is 0 Å². The molecule has 0 fully saturated rings. The summed E-state index contributed by atoms with van der Waals surface area (Å²) in [4.78, 5) is 0. The van der Waals surface area contributed by atoms with Gasteiger partial charge in [0, 0.05) is 0 Å². The van der Waals surface area contributed by atoms with E-state index in [1.165, 1.54) is 0 Å². The summed E-state index contributed by atoms with van der Waals surface area (Å²) in [6, 6.07) is 0. The van der Waals surface area contributed by atoms with Crippen LogP contribution in [0.1, 0.15) is 0 Å². The van der Waals surface area contributed by atoms with Gasteiger partial charge in [0.2, 0.25) is 0 Å². The van der Waals surface area contributed by atoms with Crippen molar-refractivity contribution in [1.29, 1.82) is 0 Å². The summed E-state index contributed by atoms with van der Waals surface area (Å²) in [7, 11) is 0. The van der Waals surface area contributed by atoms with E-state index in [0.29, 0.717) is 0 Å². The molecule has 0 radical (unpaired) electrons. The Morgan fingerprint density at radius 3 is 1.50 bits per heavy atom. The molecular weight excluding hydrogens is 264 g/mol. The maximum absolute atomic E-state index is 9.63. The second kappa shape index (κ2) is 18.9. The Morgan fingerprint density at radius 1 is 1.50 bits per heavy atom. The molecule has 0 amide bonds. The van der Waals surface area contributed by atoms with Crippen LogP contribution in [0.5, 0.6) is 0 Å². The topological polar surface area (TPSA) is 17.1 Å². The Kier molecular flexibility index (Phi) is 44.9. The van der Waals surface area contributed by atoms with E-state index in [1.54, 1.807) is 0 Å². The van der Waals surface area contributed by atoms with Crippen LogP contribution in [0.3, 0.4) is 0 Å². The van der Waals surface area contributed by atoms with Crippen LogP contribution in [0.25, 0.3) is 0 Å². The number of rotatable bonds is 0. The van der Waals surface area contributed by atoms with E-state index in [0.717, 1.165) is 0 Å². The Hall–Kier alpha value is 2.21. The van der Waals surface area contributed by atoms with Gasteiger partial charge in [-0.2, -0.15) is 0 Å². The summed E-state index contributed by atoms with van der Waals surface area (Å²) in [6.07, 6.45) is 0. The Bertz CT molecular complexity index is 8.00. The SMILES string of the molecule is [F][Y].[O]=[Ce]. The van der Waals surface area contributed by atoms with Crippen LogP contribution in [0, 0.1) is 39.8 Å². The quantitative estimate of drug-likeness (QED) is 0.615. The Balaban J connectivity index is 0. The molecule has 0 heterocycles. The van der Waals surface area contributed by atoms with Crippen molar-refractivity contribution >= 4 is 0 Å². The van der Waals surface area contributed by atoms with Gasteiger partial charge in [0.25, 0.3) is 0 Å². The van der Waals surface area contributed by atoms with E-state index in [9.17, 15) is 1.92 Å². The maximum atomic E-state index is 9.63. The third-order valence-electron chi connectivity index (χ3n) is 0. The van der Waals surface area contributed by atoms with Crippen molar-refractivity contribution in [2.75, 3.05) is 0 Å². The van der Waals surface area contributed by atoms with Crippen LogP contribution in [-0.4, -0.2) is 0 Å². The van der Waals surface area contributed by atoms with Gasteiger partial charge in [-0.25, -0.2) is 0 Å². The van der Waals surface area contributed by atoms with Gasteiger partial charge in [-0.15, -0.1) is 0 Å². The molecule has 0 atom stereocenters. The summed E-state index contributed by atoms with van der Waals surface area (Å²) in [6.45, 7) is 0. The van der Waals surface area contributed by atoms with Gasteiger partial charge in [0.15, 0.2) is 0 Å². The van der Waals surface area contributed by atoms with Crippen LogP contribution in [0.2, 0.25) is 0 Å². The Labute approximate surface area is 72.5 Å². The fourth-order valence-corrected chi connectivity index (χ4v) is 0. The first kappa shape index (κ1) is 9.51. The Morgan fingerprint density at radius 2 is 1.50 bits per heavy atom. The normalized spacial score (nSPS) is 1.75. The van der Waals surface area contributed by atoms with Gasteiger partial charge in [-0.05, 0) is 0 Å². The van der Waals surface area contributed by atoms with E-state index in [1.807, 2.05) is 0 Å². The molecule has 0 aliphatic heterocycles. The molecule has 0 saturated heterocycles. The summed E-state index contributed by atoms with van der Waals surface area (Å²) >= 11 is -0.0944. The van der Waals surface area contributed by atoms with Gasteiger partial charge in [-0.3, -0.25) is 0 Å².